The molecule has 0 saturated heterocycles. The number of rotatable bonds is 7. The average molecular weight is 431 g/mol. The lowest BCUT2D eigenvalue weighted by Crippen LogP contribution is -2.39. The van der Waals surface area contributed by atoms with Crippen molar-refractivity contribution in [2.45, 2.75) is 25.8 Å². The standard InChI is InChI=1S/C22H23ClN2O3S/c1-14(10-16-12-25(22(27)28)20-5-3-2-4-19(16)20)24-21(26)17(13-29)11-15-6-8-18(23)9-7-15/h2-9,12,14,17,29H,10-11,13H2,1H3,(H,24,26)(H,27,28)/t14-,17?/m1/s1. The number of benzene rings is 2. The second kappa shape index (κ2) is 9.37. The smallest absolute Gasteiger partial charge is 0.416 e. The van der Waals surface area contributed by atoms with Gasteiger partial charge in [-0.1, -0.05) is 41.9 Å². The molecule has 1 aromatic heterocycles. The van der Waals surface area contributed by atoms with Crippen molar-refractivity contribution in [3.05, 3.63) is 70.9 Å². The predicted octanol–water partition coefficient (Wildman–Crippen LogP) is 4.66. The Kier molecular flexibility index (Phi) is 6.87. The van der Waals surface area contributed by atoms with E-state index >= 15 is 0 Å². The lowest BCUT2D eigenvalue weighted by atomic mass is 9.99. The number of carbonyl (C=O) groups excluding carboxylic acids is 1. The van der Waals surface area contributed by atoms with Crippen LogP contribution in [0.1, 0.15) is 18.1 Å². The molecule has 1 unspecified atom stereocenters. The van der Waals surface area contributed by atoms with Crippen LogP contribution in [0.5, 0.6) is 0 Å². The SMILES string of the molecule is C[C@H](Cc1cn(C(=O)O)c2ccccc12)NC(=O)C(CS)Cc1ccc(Cl)cc1. The van der Waals surface area contributed by atoms with Crippen molar-refractivity contribution in [2.75, 3.05) is 5.75 Å². The molecule has 0 aliphatic rings. The third-order valence-corrected chi connectivity index (χ3v) is 5.59. The molecule has 3 rings (SSSR count). The first-order chi connectivity index (χ1) is 13.9. The lowest BCUT2D eigenvalue weighted by molar-refractivity contribution is -0.124. The van der Waals surface area contributed by atoms with E-state index in [2.05, 4.69) is 17.9 Å². The summed E-state index contributed by atoms with van der Waals surface area (Å²) in [4.78, 5) is 24.2. The maximum atomic E-state index is 12.7. The number of nitrogens with one attached hydrogen (secondary N) is 1. The van der Waals surface area contributed by atoms with Crippen LogP contribution in [0.25, 0.3) is 10.9 Å². The second-order valence-electron chi connectivity index (χ2n) is 7.15. The normalized spacial score (nSPS) is 13.2. The van der Waals surface area contributed by atoms with Gasteiger partial charge in [-0.05, 0) is 49.1 Å². The van der Waals surface area contributed by atoms with Crippen molar-refractivity contribution in [2.24, 2.45) is 5.92 Å². The number of hydrogen-bond donors (Lipinski definition) is 3. The van der Waals surface area contributed by atoms with Crippen LogP contribution < -0.4 is 5.32 Å². The molecule has 29 heavy (non-hydrogen) atoms. The van der Waals surface area contributed by atoms with Crippen molar-refractivity contribution < 1.29 is 14.7 Å². The molecule has 0 spiro atoms. The van der Waals surface area contributed by atoms with Crippen LogP contribution in [0.3, 0.4) is 0 Å². The summed E-state index contributed by atoms with van der Waals surface area (Å²) in [5.74, 6) is 0.103. The van der Waals surface area contributed by atoms with Crippen LogP contribution in [0.15, 0.2) is 54.7 Å². The van der Waals surface area contributed by atoms with Gasteiger partial charge in [0.25, 0.3) is 0 Å². The highest BCUT2D eigenvalue weighted by molar-refractivity contribution is 7.80. The molecule has 0 aliphatic heterocycles. The third-order valence-electron chi connectivity index (χ3n) is 4.90. The number of nitrogens with zero attached hydrogens (tertiary/aromatic N) is 1. The molecule has 3 aromatic rings. The van der Waals surface area contributed by atoms with Gasteiger partial charge in [-0.25, -0.2) is 4.79 Å². The first kappa shape index (κ1) is 21.3. The molecule has 152 valence electrons. The van der Waals surface area contributed by atoms with Crippen LogP contribution in [0.2, 0.25) is 5.02 Å². The lowest BCUT2D eigenvalue weighted by Gasteiger charge is -2.19. The maximum absolute atomic E-state index is 12.7. The molecule has 0 aliphatic carbocycles. The Morgan fingerprint density at radius 3 is 2.48 bits per heavy atom. The molecule has 0 bridgehead atoms. The molecule has 5 nitrogen and oxygen atoms in total. The summed E-state index contributed by atoms with van der Waals surface area (Å²) >= 11 is 10.3. The largest absolute Gasteiger partial charge is 0.464 e. The van der Waals surface area contributed by atoms with Gasteiger partial charge in [-0.3, -0.25) is 9.36 Å². The second-order valence-corrected chi connectivity index (χ2v) is 7.95. The van der Waals surface area contributed by atoms with E-state index in [-0.39, 0.29) is 17.9 Å². The fourth-order valence-corrected chi connectivity index (χ4v) is 3.88. The first-order valence-electron chi connectivity index (χ1n) is 9.37. The Labute approximate surface area is 180 Å². The van der Waals surface area contributed by atoms with Gasteiger partial charge in [0.15, 0.2) is 0 Å². The number of amides is 1. The van der Waals surface area contributed by atoms with Crippen molar-refractivity contribution in [1.82, 2.24) is 9.88 Å². The molecule has 2 aromatic carbocycles. The van der Waals surface area contributed by atoms with E-state index in [1.807, 2.05) is 49.4 Å². The number of carboxylic acid groups (broad SMARTS) is 1. The monoisotopic (exact) mass is 430 g/mol. The number of carbonyl (C=O) groups is 2. The van der Waals surface area contributed by atoms with Crippen LogP contribution in [-0.2, 0) is 17.6 Å². The highest BCUT2D eigenvalue weighted by atomic mass is 35.5. The van der Waals surface area contributed by atoms with Gasteiger partial charge < -0.3 is 10.4 Å². The van der Waals surface area contributed by atoms with Gasteiger partial charge in [-0.15, -0.1) is 0 Å². The fourth-order valence-electron chi connectivity index (χ4n) is 3.46. The molecular formula is C22H23ClN2O3S. The average Bonchev–Trinajstić information content (AvgIpc) is 3.06. The Balaban J connectivity index is 1.69. The van der Waals surface area contributed by atoms with Gasteiger partial charge in [0, 0.05) is 28.4 Å². The molecule has 2 N–H and O–H groups in total. The van der Waals surface area contributed by atoms with Crippen LogP contribution in [0.4, 0.5) is 4.79 Å². The molecule has 0 radical (unpaired) electrons. The number of hydrogen-bond acceptors (Lipinski definition) is 3. The van der Waals surface area contributed by atoms with Gasteiger partial charge in [0.1, 0.15) is 0 Å². The fraction of sp³-hybridized carbons (Fsp3) is 0.273. The molecule has 0 fully saturated rings. The minimum atomic E-state index is -1.03. The molecule has 7 heteroatoms. The minimum absolute atomic E-state index is 0.0653. The summed E-state index contributed by atoms with van der Waals surface area (Å²) < 4.78 is 1.22. The summed E-state index contributed by atoms with van der Waals surface area (Å²) in [5, 5.41) is 14.0. The van der Waals surface area contributed by atoms with Crippen molar-refractivity contribution in [3.8, 4) is 0 Å². The zero-order valence-electron chi connectivity index (χ0n) is 16.0. The third kappa shape index (κ3) is 5.14. The van der Waals surface area contributed by atoms with E-state index in [4.69, 9.17) is 11.6 Å². The van der Waals surface area contributed by atoms with Gasteiger partial charge in [0.2, 0.25) is 5.91 Å². The topological polar surface area (TPSA) is 71.3 Å². The number of para-hydroxylation sites is 1. The predicted molar refractivity (Wildman–Crippen MR) is 119 cm³/mol. The molecule has 0 saturated carbocycles. The molecular weight excluding hydrogens is 408 g/mol. The number of halogens is 1. The number of aromatic nitrogens is 1. The van der Waals surface area contributed by atoms with Gasteiger partial charge in [0.05, 0.1) is 11.4 Å². The van der Waals surface area contributed by atoms with Crippen molar-refractivity contribution in [3.63, 3.8) is 0 Å². The van der Waals surface area contributed by atoms with Crippen molar-refractivity contribution >= 4 is 47.1 Å². The van der Waals surface area contributed by atoms with E-state index < -0.39 is 6.09 Å². The Hall–Kier alpha value is -2.44. The van der Waals surface area contributed by atoms with Crippen molar-refractivity contribution in [1.29, 1.82) is 0 Å². The summed E-state index contributed by atoms with van der Waals surface area (Å²) in [7, 11) is 0. The highest BCUT2D eigenvalue weighted by Crippen LogP contribution is 2.23. The van der Waals surface area contributed by atoms with E-state index in [0.29, 0.717) is 29.1 Å². The Bertz CT molecular complexity index is 1020. The summed E-state index contributed by atoms with van der Waals surface area (Å²) in [6, 6.07) is 14.7. The van der Waals surface area contributed by atoms with E-state index in [1.54, 1.807) is 12.3 Å². The summed E-state index contributed by atoms with van der Waals surface area (Å²) in [6.45, 7) is 1.92. The Morgan fingerprint density at radius 1 is 1.14 bits per heavy atom. The Morgan fingerprint density at radius 2 is 1.83 bits per heavy atom. The highest BCUT2D eigenvalue weighted by Gasteiger charge is 2.21. The van der Waals surface area contributed by atoms with Crippen LogP contribution >= 0.6 is 24.2 Å². The van der Waals surface area contributed by atoms with E-state index in [9.17, 15) is 14.7 Å². The first-order valence-corrected chi connectivity index (χ1v) is 10.4. The summed E-state index contributed by atoms with van der Waals surface area (Å²) in [6.07, 6.45) is 1.71. The van der Waals surface area contributed by atoms with Gasteiger partial charge >= 0.3 is 6.09 Å². The summed E-state index contributed by atoms with van der Waals surface area (Å²) in [5.41, 5.74) is 2.56. The van der Waals surface area contributed by atoms with Gasteiger partial charge in [-0.2, -0.15) is 12.6 Å². The zero-order valence-corrected chi connectivity index (χ0v) is 17.7. The quantitative estimate of drug-likeness (QED) is 0.477. The number of fused-ring (bicyclic) bond motifs is 1. The molecule has 2 atom stereocenters. The minimum Gasteiger partial charge on any atom is -0.464 e. The maximum Gasteiger partial charge on any atom is 0.416 e. The van der Waals surface area contributed by atoms with E-state index in [0.717, 1.165) is 16.5 Å². The number of thiol groups is 1. The molecule has 1 heterocycles. The van der Waals surface area contributed by atoms with Crippen LogP contribution in [-0.4, -0.2) is 33.5 Å². The van der Waals surface area contributed by atoms with E-state index in [1.165, 1.54) is 4.57 Å². The zero-order chi connectivity index (χ0) is 21.0. The van der Waals surface area contributed by atoms with Crippen LogP contribution in [0, 0.1) is 5.92 Å². The molecule has 1 amide bonds.